The maximum absolute atomic E-state index is 13.1. The summed E-state index contributed by atoms with van der Waals surface area (Å²) in [6, 6.07) is 26.3. The second-order valence-corrected chi connectivity index (χ2v) is 7.48. The van der Waals surface area contributed by atoms with E-state index < -0.39 is 12.6 Å². The number of rotatable bonds is 7. The van der Waals surface area contributed by atoms with Crippen LogP contribution in [0.5, 0.6) is 0 Å². The van der Waals surface area contributed by atoms with Gasteiger partial charge in [-0.1, -0.05) is 60.7 Å². The minimum Gasteiger partial charge on any atom is -0.451 e. The molecule has 0 unspecified atom stereocenters. The van der Waals surface area contributed by atoms with Crippen molar-refractivity contribution in [3.8, 4) is 16.9 Å². The summed E-state index contributed by atoms with van der Waals surface area (Å²) < 4.78 is 19.9. The fraction of sp³-hybridized carbons (Fsp3) is 0.115. The van der Waals surface area contributed by atoms with Crippen LogP contribution in [0, 0.1) is 5.82 Å². The van der Waals surface area contributed by atoms with E-state index in [1.165, 1.54) is 21.7 Å². The number of benzene rings is 3. The number of amides is 1. The molecular weight excluding hydrogens is 421 g/mol. The molecule has 33 heavy (non-hydrogen) atoms. The van der Waals surface area contributed by atoms with Gasteiger partial charge >= 0.3 is 5.97 Å². The number of hydrogen-bond acceptors (Lipinski definition) is 4. The lowest BCUT2D eigenvalue weighted by atomic mass is 10.1. The Labute approximate surface area is 190 Å². The quantitative estimate of drug-likeness (QED) is 0.395. The van der Waals surface area contributed by atoms with Gasteiger partial charge in [0.25, 0.3) is 5.91 Å². The predicted molar refractivity (Wildman–Crippen MR) is 122 cm³/mol. The van der Waals surface area contributed by atoms with Crippen molar-refractivity contribution in [1.29, 1.82) is 0 Å². The van der Waals surface area contributed by atoms with E-state index in [0.29, 0.717) is 11.4 Å². The van der Waals surface area contributed by atoms with Crippen molar-refractivity contribution in [2.75, 3.05) is 13.7 Å². The summed E-state index contributed by atoms with van der Waals surface area (Å²) in [5, 5.41) is 4.59. The van der Waals surface area contributed by atoms with Gasteiger partial charge in [-0.05, 0) is 35.9 Å². The van der Waals surface area contributed by atoms with Gasteiger partial charge in [0.2, 0.25) is 0 Å². The van der Waals surface area contributed by atoms with Gasteiger partial charge in [-0.2, -0.15) is 5.10 Å². The van der Waals surface area contributed by atoms with E-state index in [9.17, 15) is 14.0 Å². The summed E-state index contributed by atoms with van der Waals surface area (Å²) >= 11 is 0. The zero-order valence-corrected chi connectivity index (χ0v) is 18.0. The first kappa shape index (κ1) is 22.0. The van der Waals surface area contributed by atoms with Crippen molar-refractivity contribution in [1.82, 2.24) is 14.7 Å². The molecule has 3 aromatic carbocycles. The highest BCUT2D eigenvalue weighted by Crippen LogP contribution is 2.22. The Balaban J connectivity index is 1.49. The number of para-hydroxylation sites is 1. The Hall–Kier alpha value is -4.26. The highest BCUT2D eigenvalue weighted by Gasteiger charge is 2.21. The maximum atomic E-state index is 13.1. The van der Waals surface area contributed by atoms with Gasteiger partial charge in [-0.25, -0.2) is 13.9 Å². The summed E-state index contributed by atoms with van der Waals surface area (Å²) in [6.07, 6.45) is 0. The monoisotopic (exact) mass is 443 g/mol. The number of nitrogens with zero attached hydrogens (tertiary/aromatic N) is 3. The molecule has 0 aliphatic carbocycles. The van der Waals surface area contributed by atoms with Crippen LogP contribution in [-0.4, -0.2) is 40.2 Å². The first-order chi connectivity index (χ1) is 16.0. The highest BCUT2D eigenvalue weighted by atomic mass is 19.1. The Morgan fingerprint density at radius 2 is 1.58 bits per heavy atom. The second-order valence-electron chi connectivity index (χ2n) is 7.48. The van der Waals surface area contributed by atoms with Gasteiger partial charge in [-0.15, -0.1) is 0 Å². The molecule has 1 amide bonds. The molecule has 0 fully saturated rings. The molecule has 0 spiro atoms. The van der Waals surface area contributed by atoms with Crippen molar-refractivity contribution in [3.05, 3.63) is 108 Å². The first-order valence-electron chi connectivity index (χ1n) is 10.4. The number of hydrogen-bond donors (Lipinski definition) is 0. The lowest BCUT2D eigenvalue weighted by molar-refractivity contribution is -0.133. The summed E-state index contributed by atoms with van der Waals surface area (Å²) in [6.45, 7) is -0.145. The van der Waals surface area contributed by atoms with Crippen molar-refractivity contribution in [2.24, 2.45) is 0 Å². The third kappa shape index (κ3) is 5.33. The third-order valence-electron chi connectivity index (χ3n) is 5.07. The van der Waals surface area contributed by atoms with E-state index in [1.807, 2.05) is 60.7 Å². The topological polar surface area (TPSA) is 64.4 Å². The average Bonchev–Trinajstić information content (AvgIpc) is 3.30. The van der Waals surface area contributed by atoms with Crippen LogP contribution in [0.15, 0.2) is 91.0 Å². The van der Waals surface area contributed by atoms with Crippen LogP contribution < -0.4 is 0 Å². The molecule has 0 saturated carbocycles. The van der Waals surface area contributed by atoms with E-state index >= 15 is 0 Å². The Morgan fingerprint density at radius 1 is 0.939 bits per heavy atom. The lowest BCUT2D eigenvalue weighted by Crippen LogP contribution is -2.31. The van der Waals surface area contributed by atoms with E-state index in [-0.39, 0.29) is 24.0 Å². The first-order valence-corrected chi connectivity index (χ1v) is 10.4. The molecular formula is C26H22FN3O3. The Morgan fingerprint density at radius 3 is 2.24 bits per heavy atom. The number of ether oxygens (including phenoxy) is 1. The van der Waals surface area contributed by atoms with E-state index in [2.05, 4.69) is 5.10 Å². The van der Waals surface area contributed by atoms with Gasteiger partial charge in [-0.3, -0.25) is 4.79 Å². The molecule has 0 aliphatic heterocycles. The van der Waals surface area contributed by atoms with E-state index in [0.717, 1.165) is 11.1 Å². The normalized spacial score (nSPS) is 10.6. The van der Waals surface area contributed by atoms with Gasteiger partial charge < -0.3 is 9.64 Å². The van der Waals surface area contributed by atoms with Crippen LogP contribution in [0.2, 0.25) is 0 Å². The fourth-order valence-electron chi connectivity index (χ4n) is 3.31. The number of likely N-dealkylation sites (N-methyl/N-ethyl adjacent to an activating group) is 1. The molecule has 0 saturated heterocycles. The Bertz CT molecular complexity index is 1240. The Kier molecular flexibility index (Phi) is 6.59. The minimum absolute atomic E-state index is 0.217. The molecule has 4 rings (SSSR count). The molecule has 1 heterocycles. The maximum Gasteiger partial charge on any atom is 0.357 e. The predicted octanol–water partition coefficient (Wildman–Crippen LogP) is 4.49. The summed E-state index contributed by atoms with van der Waals surface area (Å²) in [4.78, 5) is 26.8. The van der Waals surface area contributed by atoms with Gasteiger partial charge in [0.15, 0.2) is 12.3 Å². The smallest absolute Gasteiger partial charge is 0.357 e. The van der Waals surface area contributed by atoms with E-state index in [4.69, 9.17) is 4.74 Å². The second kappa shape index (κ2) is 9.91. The SMILES string of the molecule is CN(Cc1ccc(F)cc1)C(=O)COC(=O)c1cc(-c2ccccc2)nn1-c1ccccc1. The average molecular weight is 443 g/mol. The van der Waals surface area contributed by atoms with Crippen LogP contribution in [-0.2, 0) is 16.1 Å². The summed E-state index contributed by atoms with van der Waals surface area (Å²) in [5.41, 5.74) is 3.16. The molecule has 1 aromatic heterocycles. The third-order valence-corrected chi connectivity index (χ3v) is 5.07. The zero-order valence-electron chi connectivity index (χ0n) is 18.0. The van der Waals surface area contributed by atoms with Crippen LogP contribution in [0.1, 0.15) is 16.1 Å². The van der Waals surface area contributed by atoms with Crippen LogP contribution in [0.4, 0.5) is 4.39 Å². The molecule has 0 aliphatic rings. The molecule has 0 bridgehead atoms. The number of esters is 1. The summed E-state index contributed by atoms with van der Waals surface area (Å²) in [5.74, 6) is -1.37. The number of carbonyl (C=O) groups excluding carboxylic acids is 2. The molecule has 166 valence electrons. The highest BCUT2D eigenvalue weighted by molar-refractivity contribution is 5.91. The molecule has 7 heteroatoms. The van der Waals surface area contributed by atoms with Gasteiger partial charge in [0.05, 0.1) is 11.4 Å². The standard InChI is InChI=1S/C26H22FN3O3/c1-29(17-19-12-14-21(27)15-13-19)25(31)18-33-26(32)24-16-23(20-8-4-2-5-9-20)28-30(24)22-10-6-3-7-11-22/h2-16H,17-18H2,1H3. The van der Waals surface area contributed by atoms with Gasteiger partial charge in [0.1, 0.15) is 5.82 Å². The van der Waals surface area contributed by atoms with Crippen molar-refractivity contribution in [2.45, 2.75) is 6.54 Å². The molecule has 4 aromatic rings. The summed E-state index contributed by atoms with van der Waals surface area (Å²) in [7, 11) is 1.60. The zero-order chi connectivity index (χ0) is 23.2. The molecule has 0 radical (unpaired) electrons. The minimum atomic E-state index is -0.655. The number of carbonyl (C=O) groups is 2. The van der Waals surface area contributed by atoms with Crippen LogP contribution >= 0.6 is 0 Å². The lowest BCUT2D eigenvalue weighted by Gasteiger charge is -2.17. The largest absolute Gasteiger partial charge is 0.451 e. The van der Waals surface area contributed by atoms with Crippen LogP contribution in [0.25, 0.3) is 16.9 Å². The van der Waals surface area contributed by atoms with Crippen molar-refractivity contribution >= 4 is 11.9 Å². The molecule has 0 atom stereocenters. The van der Waals surface area contributed by atoms with Gasteiger partial charge in [0, 0.05) is 19.2 Å². The van der Waals surface area contributed by atoms with Crippen molar-refractivity contribution in [3.63, 3.8) is 0 Å². The molecule has 6 nitrogen and oxygen atoms in total. The van der Waals surface area contributed by atoms with E-state index in [1.54, 1.807) is 25.2 Å². The van der Waals surface area contributed by atoms with Crippen molar-refractivity contribution < 1.29 is 18.7 Å². The number of halogens is 1. The fourth-order valence-corrected chi connectivity index (χ4v) is 3.31. The number of aromatic nitrogens is 2. The van der Waals surface area contributed by atoms with Crippen LogP contribution in [0.3, 0.4) is 0 Å². The molecule has 0 N–H and O–H groups in total.